The van der Waals surface area contributed by atoms with Gasteiger partial charge >= 0.3 is 0 Å². The van der Waals surface area contributed by atoms with Crippen molar-refractivity contribution >= 4 is 5.91 Å². The molecule has 2 aromatic carbocycles. The molecule has 0 radical (unpaired) electrons. The van der Waals surface area contributed by atoms with Crippen molar-refractivity contribution in [3.05, 3.63) is 71.0 Å². The number of nitrogens with zero attached hydrogens (tertiary/aromatic N) is 1. The zero-order valence-corrected chi connectivity index (χ0v) is 16.7. The molecule has 1 heterocycles. The van der Waals surface area contributed by atoms with E-state index in [-0.39, 0.29) is 23.7 Å². The highest BCUT2D eigenvalue weighted by molar-refractivity contribution is 5.78. The number of amides is 1. The molecule has 4 nitrogen and oxygen atoms in total. The molecule has 0 aliphatic carbocycles. The van der Waals surface area contributed by atoms with Gasteiger partial charge in [0.15, 0.2) is 0 Å². The average Bonchev–Trinajstić information content (AvgIpc) is 2.70. The maximum Gasteiger partial charge on any atom is 0.223 e. The summed E-state index contributed by atoms with van der Waals surface area (Å²) in [5.74, 6) is -0.595. The van der Waals surface area contributed by atoms with Crippen molar-refractivity contribution in [2.45, 2.75) is 26.3 Å². The molecular formula is C23H29FN2O2. The van der Waals surface area contributed by atoms with E-state index in [0.717, 1.165) is 13.1 Å². The number of morpholine rings is 1. The van der Waals surface area contributed by atoms with Crippen molar-refractivity contribution < 1.29 is 13.9 Å². The Labute approximate surface area is 166 Å². The fourth-order valence-corrected chi connectivity index (χ4v) is 3.68. The average molecular weight is 384 g/mol. The smallest absolute Gasteiger partial charge is 0.223 e. The second-order valence-corrected chi connectivity index (χ2v) is 7.52. The molecule has 150 valence electrons. The first-order valence-electron chi connectivity index (χ1n) is 9.94. The number of halogens is 1. The van der Waals surface area contributed by atoms with Gasteiger partial charge in [0.1, 0.15) is 5.82 Å². The molecule has 0 bridgehead atoms. The number of hydrogen-bond donors (Lipinski definition) is 1. The van der Waals surface area contributed by atoms with Crippen LogP contribution in [0.4, 0.5) is 4.39 Å². The molecular weight excluding hydrogens is 355 g/mol. The van der Waals surface area contributed by atoms with Gasteiger partial charge in [0.05, 0.1) is 19.3 Å². The molecule has 3 rings (SSSR count). The minimum absolute atomic E-state index is 0.0471. The number of carbonyl (C=O) groups excluding carboxylic acids is 1. The van der Waals surface area contributed by atoms with E-state index in [0.29, 0.717) is 31.7 Å². The minimum atomic E-state index is -0.292. The molecule has 1 fully saturated rings. The zero-order chi connectivity index (χ0) is 19.9. The lowest BCUT2D eigenvalue weighted by Gasteiger charge is -2.35. The quantitative estimate of drug-likeness (QED) is 0.794. The second kappa shape index (κ2) is 9.80. The van der Waals surface area contributed by atoms with Gasteiger partial charge in [0.25, 0.3) is 0 Å². The van der Waals surface area contributed by atoms with Gasteiger partial charge in [-0.1, -0.05) is 55.0 Å². The van der Waals surface area contributed by atoms with Gasteiger partial charge in [0, 0.05) is 25.6 Å². The van der Waals surface area contributed by atoms with Crippen molar-refractivity contribution in [2.75, 3.05) is 32.8 Å². The fourth-order valence-electron chi connectivity index (χ4n) is 3.68. The Balaban J connectivity index is 1.65. The van der Waals surface area contributed by atoms with Crippen LogP contribution >= 0.6 is 0 Å². The normalized spacial score (nSPS) is 17.1. The van der Waals surface area contributed by atoms with Crippen molar-refractivity contribution in [1.29, 1.82) is 0 Å². The van der Waals surface area contributed by atoms with Crippen LogP contribution in [0, 0.1) is 18.7 Å². The first kappa shape index (κ1) is 20.5. The summed E-state index contributed by atoms with van der Waals surface area (Å²) < 4.78 is 19.4. The topological polar surface area (TPSA) is 41.6 Å². The van der Waals surface area contributed by atoms with Crippen molar-refractivity contribution in [1.82, 2.24) is 10.2 Å². The van der Waals surface area contributed by atoms with Crippen molar-refractivity contribution in [3.8, 4) is 0 Å². The van der Waals surface area contributed by atoms with Crippen LogP contribution < -0.4 is 5.32 Å². The molecule has 0 aromatic heterocycles. The number of ether oxygens (including phenoxy) is 1. The SMILES string of the molecule is Cc1cccc(C(CNC(=O)C(C)Cc2ccccc2F)N2CCOCC2)c1. The van der Waals surface area contributed by atoms with Gasteiger partial charge in [-0.25, -0.2) is 4.39 Å². The number of aryl methyl sites for hydroxylation is 1. The molecule has 1 aliphatic rings. The molecule has 5 heteroatoms. The van der Waals surface area contributed by atoms with Gasteiger partial charge in [-0.3, -0.25) is 9.69 Å². The Morgan fingerprint density at radius 2 is 1.93 bits per heavy atom. The Kier molecular flexibility index (Phi) is 7.18. The molecule has 0 spiro atoms. The van der Waals surface area contributed by atoms with Crippen molar-refractivity contribution in [2.24, 2.45) is 5.92 Å². The number of hydrogen-bond acceptors (Lipinski definition) is 3. The third-order valence-electron chi connectivity index (χ3n) is 5.31. The predicted molar refractivity (Wildman–Crippen MR) is 109 cm³/mol. The molecule has 1 N–H and O–H groups in total. The molecule has 28 heavy (non-hydrogen) atoms. The summed E-state index contributed by atoms with van der Waals surface area (Å²) in [5.41, 5.74) is 2.98. The lowest BCUT2D eigenvalue weighted by atomic mass is 9.99. The largest absolute Gasteiger partial charge is 0.379 e. The van der Waals surface area contributed by atoms with Crippen LogP contribution in [0.2, 0.25) is 0 Å². The summed E-state index contributed by atoms with van der Waals surface area (Å²) >= 11 is 0. The number of benzene rings is 2. The maximum absolute atomic E-state index is 13.9. The van der Waals surface area contributed by atoms with E-state index in [4.69, 9.17) is 4.74 Å². The Hall–Kier alpha value is -2.24. The highest BCUT2D eigenvalue weighted by Gasteiger charge is 2.24. The molecule has 1 saturated heterocycles. The molecule has 1 aliphatic heterocycles. The third-order valence-corrected chi connectivity index (χ3v) is 5.31. The number of rotatable bonds is 7. The Morgan fingerprint density at radius 1 is 1.18 bits per heavy atom. The van der Waals surface area contributed by atoms with Gasteiger partial charge in [-0.05, 0) is 30.5 Å². The van der Waals surface area contributed by atoms with E-state index in [1.165, 1.54) is 17.2 Å². The van der Waals surface area contributed by atoms with Gasteiger partial charge in [-0.15, -0.1) is 0 Å². The summed E-state index contributed by atoms with van der Waals surface area (Å²) in [4.78, 5) is 15.0. The standard InChI is InChI=1S/C23H29FN2O2/c1-17-6-5-8-20(14-17)22(26-10-12-28-13-11-26)16-25-23(27)18(2)15-19-7-3-4-9-21(19)24/h3-9,14,18,22H,10-13,15-16H2,1-2H3,(H,25,27). The molecule has 0 saturated carbocycles. The van der Waals surface area contributed by atoms with Crippen LogP contribution in [0.25, 0.3) is 0 Å². The Morgan fingerprint density at radius 3 is 2.64 bits per heavy atom. The summed E-state index contributed by atoms with van der Waals surface area (Å²) in [6.45, 7) is 7.56. The van der Waals surface area contributed by atoms with E-state index in [2.05, 4.69) is 41.4 Å². The number of carbonyl (C=O) groups is 1. The van der Waals surface area contributed by atoms with E-state index in [1.807, 2.05) is 6.92 Å². The molecule has 2 aromatic rings. The predicted octanol–water partition coefficient (Wildman–Crippen LogP) is 3.50. The van der Waals surface area contributed by atoms with Gasteiger partial charge in [0.2, 0.25) is 5.91 Å². The zero-order valence-electron chi connectivity index (χ0n) is 16.7. The Bertz CT molecular complexity index is 790. The maximum atomic E-state index is 13.9. The van der Waals surface area contributed by atoms with Crippen LogP contribution in [-0.2, 0) is 16.0 Å². The summed E-state index contributed by atoms with van der Waals surface area (Å²) in [6.07, 6.45) is 0.394. The van der Waals surface area contributed by atoms with Crippen molar-refractivity contribution in [3.63, 3.8) is 0 Å². The summed E-state index contributed by atoms with van der Waals surface area (Å²) in [5, 5.41) is 3.09. The monoisotopic (exact) mass is 384 g/mol. The van der Waals surface area contributed by atoms with Crippen LogP contribution in [0.3, 0.4) is 0 Å². The van der Waals surface area contributed by atoms with Crippen LogP contribution in [-0.4, -0.2) is 43.7 Å². The van der Waals surface area contributed by atoms with Crippen LogP contribution in [0.1, 0.15) is 29.7 Å². The lowest BCUT2D eigenvalue weighted by Crippen LogP contribution is -2.44. The van der Waals surface area contributed by atoms with E-state index >= 15 is 0 Å². The van der Waals surface area contributed by atoms with Crippen LogP contribution in [0.15, 0.2) is 48.5 Å². The van der Waals surface area contributed by atoms with Gasteiger partial charge in [-0.2, -0.15) is 0 Å². The first-order chi connectivity index (χ1) is 13.5. The molecule has 2 unspecified atom stereocenters. The lowest BCUT2D eigenvalue weighted by molar-refractivity contribution is -0.124. The molecule has 1 amide bonds. The van der Waals surface area contributed by atoms with E-state index in [9.17, 15) is 9.18 Å². The highest BCUT2D eigenvalue weighted by atomic mass is 19.1. The number of nitrogens with one attached hydrogen (secondary N) is 1. The third kappa shape index (κ3) is 5.40. The first-order valence-corrected chi connectivity index (χ1v) is 9.94. The van der Waals surface area contributed by atoms with Crippen LogP contribution in [0.5, 0.6) is 0 Å². The minimum Gasteiger partial charge on any atom is -0.379 e. The highest BCUT2D eigenvalue weighted by Crippen LogP contribution is 2.22. The van der Waals surface area contributed by atoms with E-state index in [1.54, 1.807) is 18.2 Å². The second-order valence-electron chi connectivity index (χ2n) is 7.52. The van der Waals surface area contributed by atoms with E-state index < -0.39 is 0 Å². The molecule has 2 atom stereocenters. The van der Waals surface area contributed by atoms with Gasteiger partial charge < -0.3 is 10.1 Å². The fraction of sp³-hybridized carbons (Fsp3) is 0.435. The summed E-state index contributed by atoms with van der Waals surface area (Å²) in [7, 11) is 0. The summed E-state index contributed by atoms with van der Waals surface area (Å²) in [6, 6.07) is 15.2.